The highest BCUT2D eigenvalue weighted by Gasteiger charge is 2.11. The number of amides is 1. The maximum absolute atomic E-state index is 11.1. The Labute approximate surface area is 85.8 Å². The summed E-state index contributed by atoms with van der Waals surface area (Å²) in [4.78, 5) is 11.1. The van der Waals surface area contributed by atoms with Crippen molar-refractivity contribution in [3.05, 3.63) is 24.3 Å². The SMILES string of the molecule is C=C/C=C(\C)C(CC)NC(=O)OCC. The maximum Gasteiger partial charge on any atom is 0.407 e. The van der Waals surface area contributed by atoms with Gasteiger partial charge >= 0.3 is 6.09 Å². The largest absolute Gasteiger partial charge is 0.450 e. The predicted molar refractivity (Wildman–Crippen MR) is 58.2 cm³/mol. The Morgan fingerprint density at radius 2 is 2.21 bits per heavy atom. The van der Waals surface area contributed by atoms with Crippen molar-refractivity contribution in [1.29, 1.82) is 0 Å². The standard InChI is InChI=1S/C11H19NO2/c1-5-8-9(4)10(6-2)12-11(13)14-7-3/h5,8,10H,1,6-7H2,2-4H3,(H,12,13)/b9-8+. The number of ether oxygens (including phenoxy) is 1. The van der Waals surface area contributed by atoms with Crippen molar-refractivity contribution in [2.24, 2.45) is 0 Å². The van der Waals surface area contributed by atoms with E-state index in [9.17, 15) is 4.79 Å². The molecule has 0 rings (SSSR count). The van der Waals surface area contributed by atoms with Crippen LogP contribution in [-0.2, 0) is 4.74 Å². The van der Waals surface area contributed by atoms with Crippen LogP contribution in [0.4, 0.5) is 4.79 Å². The molecule has 0 bridgehead atoms. The van der Waals surface area contributed by atoms with Crippen LogP contribution in [0.3, 0.4) is 0 Å². The molecule has 0 aliphatic carbocycles. The molecule has 0 spiro atoms. The molecule has 14 heavy (non-hydrogen) atoms. The first-order chi connectivity index (χ1) is 6.65. The fourth-order valence-corrected chi connectivity index (χ4v) is 1.15. The van der Waals surface area contributed by atoms with Crippen LogP contribution in [0.1, 0.15) is 27.2 Å². The summed E-state index contributed by atoms with van der Waals surface area (Å²) >= 11 is 0. The van der Waals surface area contributed by atoms with E-state index in [1.807, 2.05) is 19.9 Å². The Morgan fingerprint density at radius 3 is 2.64 bits per heavy atom. The van der Waals surface area contributed by atoms with Gasteiger partial charge in [0.1, 0.15) is 0 Å². The summed E-state index contributed by atoms with van der Waals surface area (Å²) in [5.74, 6) is 0. The molecule has 0 aromatic heterocycles. The minimum Gasteiger partial charge on any atom is -0.450 e. The second kappa shape index (κ2) is 7.18. The highest BCUT2D eigenvalue weighted by molar-refractivity contribution is 5.68. The van der Waals surface area contributed by atoms with Crippen molar-refractivity contribution < 1.29 is 9.53 Å². The first-order valence-electron chi connectivity index (χ1n) is 4.88. The molecular weight excluding hydrogens is 178 g/mol. The van der Waals surface area contributed by atoms with E-state index in [1.54, 1.807) is 13.0 Å². The molecule has 0 aliphatic rings. The van der Waals surface area contributed by atoms with Gasteiger partial charge < -0.3 is 10.1 Å². The Kier molecular flexibility index (Phi) is 6.54. The predicted octanol–water partition coefficient (Wildman–Crippen LogP) is 2.64. The Hall–Kier alpha value is -1.25. The zero-order valence-corrected chi connectivity index (χ0v) is 9.17. The fourth-order valence-electron chi connectivity index (χ4n) is 1.15. The van der Waals surface area contributed by atoms with Crippen molar-refractivity contribution in [1.82, 2.24) is 5.32 Å². The summed E-state index contributed by atoms with van der Waals surface area (Å²) in [6.07, 6.45) is 4.08. The van der Waals surface area contributed by atoms with Gasteiger partial charge in [-0.15, -0.1) is 0 Å². The number of carbonyl (C=O) groups is 1. The summed E-state index contributed by atoms with van der Waals surface area (Å²) < 4.78 is 4.80. The average Bonchev–Trinajstić information content (AvgIpc) is 2.15. The highest BCUT2D eigenvalue weighted by Crippen LogP contribution is 2.05. The van der Waals surface area contributed by atoms with Crippen LogP contribution in [0.5, 0.6) is 0 Å². The van der Waals surface area contributed by atoms with Crippen LogP contribution in [0.15, 0.2) is 24.3 Å². The van der Waals surface area contributed by atoms with Crippen LogP contribution in [0.25, 0.3) is 0 Å². The van der Waals surface area contributed by atoms with Crippen LogP contribution in [0, 0.1) is 0 Å². The molecule has 0 heterocycles. The maximum atomic E-state index is 11.1. The lowest BCUT2D eigenvalue weighted by molar-refractivity contribution is 0.149. The molecular formula is C11H19NO2. The van der Waals surface area contributed by atoms with E-state index in [-0.39, 0.29) is 12.1 Å². The number of hydrogen-bond donors (Lipinski definition) is 1. The highest BCUT2D eigenvalue weighted by atomic mass is 16.5. The molecule has 1 N–H and O–H groups in total. The molecule has 1 atom stereocenters. The van der Waals surface area contributed by atoms with Crippen molar-refractivity contribution in [3.8, 4) is 0 Å². The molecule has 0 saturated heterocycles. The lowest BCUT2D eigenvalue weighted by atomic mass is 10.1. The Morgan fingerprint density at radius 1 is 1.57 bits per heavy atom. The third-order valence-electron chi connectivity index (χ3n) is 1.91. The van der Waals surface area contributed by atoms with E-state index in [4.69, 9.17) is 4.74 Å². The lowest BCUT2D eigenvalue weighted by Gasteiger charge is -2.16. The van der Waals surface area contributed by atoms with E-state index in [1.165, 1.54) is 0 Å². The van der Waals surface area contributed by atoms with Gasteiger partial charge in [-0.1, -0.05) is 31.2 Å². The van der Waals surface area contributed by atoms with Gasteiger partial charge in [-0.25, -0.2) is 4.79 Å². The zero-order chi connectivity index (χ0) is 11.0. The van der Waals surface area contributed by atoms with Crippen molar-refractivity contribution >= 4 is 6.09 Å². The van der Waals surface area contributed by atoms with E-state index in [0.717, 1.165) is 12.0 Å². The number of hydrogen-bond acceptors (Lipinski definition) is 2. The second-order valence-electron chi connectivity index (χ2n) is 2.97. The number of allylic oxidation sites excluding steroid dienone is 2. The molecule has 0 radical (unpaired) electrons. The molecule has 0 fully saturated rings. The normalized spacial score (nSPS) is 13.2. The Balaban J connectivity index is 4.21. The van der Waals surface area contributed by atoms with Gasteiger partial charge in [-0.3, -0.25) is 0 Å². The van der Waals surface area contributed by atoms with Gasteiger partial charge in [-0.05, 0) is 20.3 Å². The molecule has 0 aromatic rings. The summed E-state index contributed by atoms with van der Waals surface area (Å²) in [6.45, 7) is 9.76. The fraction of sp³-hybridized carbons (Fsp3) is 0.545. The number of rotatable bonds is 5. The number of nitrogens with one attached hydrogen (secondary N) is 1. The summed E-state index contributed by atoms with van der Waals surface area (Å²) in [5.41, 5.74) is 1.08. The van der Waals surface area contributed by atoms with Gasteiger partial charge in [-0.2, -0.15) is 0 Å². The van der Waals surface area contributed by atoms with E-state index in [0.29, 0.717) is 6.61 Å². The molecule has 1 amide bonds. The quantitative estimate of drug-likeness (QED) is 0.688. The molecule has 1 unspecified atom stereocenters. The van der Waals surface area contributed by atoms with Crippen molar-refractivity contribution in [3.63, 3.8) is 0 Å². The minimum absolute atomic E-state index is 0.0343. The van der Waals surface area contributed by atoms with E-state index in [2.05, 4.69) is 11.9 Å². The van der Waals surface area contributed by atoms with Crippen molar-refractivity contribution in [2.75, 3.05) is 6.61 Å². The van der Waals surface area contributed by atoms with E-state index >= 15 is 0 Å². The average molecular weight is 197 g/mol. The van der Waals surface area contributed by atoms with Crippen LogP contribution >= 0.6 is 0 Å². The molecule has 3 heteroatoms. The number of alkyl carbamates (subject to hydrolysis) is 1. The van der Waals surface area contributed by atoms with Crippen LogP contribution in [0.2, 0.25) is 0 Å². The van der Waals surface area contributed by atoms with Gasteiger partial charge in [0.2, 0.25) is 0 Å². The Bertz CT molecular complexity index is 221. The van der Waals surface area contributed by atoms with Gasteiger partial charge in [0.15, 0.2) is 0 Å². The third-order valence-corrected chi connectivity index (χ3v) is 1.91. The van der Waals surface area contributed by atoms with Crippen molar-refractivity contribution in [2.45, 2.75) is 33.2 Å². The summed E-state index contributed by atoms with van der Waals surface area (Å²) in [7, 11) is 0. The van der Waals surface area contributed by atoms with Crippen LogP contribution < -0.4 is 5.32 Å². The first kappa shape index (κ1) is 12.8. The topological polar surface area (TPSA) is 38.3 Å². The first-order valence-corrected chi connectivity index (χ1v) is 4.88. The molecule has 0 aromatic carbocycles. The van der Waals surface area contributed by atoms with Gasteiger partial charge in [0.05, 0.1) is 12.6 Å². The van der Waals surface area contributed by atoms with Gasteiger partial charge in [0, 0.05) is 0 Å². The summed E-state index contributed by atoms with van der Waals surface area (Å²) in [6, 6.07) is 0.0343. The lowest BCUT2D eigenvalue weighted by Crippen LogP contribution is -2.35. The number of carbonyl (C=O) groups excluding carboxylic acids is 1. The summed E-state index contributed by atoms with van der Waals surface area (Å²) in [5, 5.41) is 2.77. The molecule has 3 nitrogen and oxygen atoms in total. The monoisotopic (exact) mass is 197 g/mol. The second-order valence-corrected chi connectivity index (χ2v) is 2.97. The van der Waals surface area contributed by atoms with Crippen LogP contribution in [-0.4, -0.2) is 18.7 Å². The van der Waals surface area contributed by atoms with Gasteiger partial charge in [0.25, 0.3) is 0 Å². The molecule has 0 aliphatic heterocycles. The molecule has 0 saturated carbocycles. The third kappa shape index (κ3) is 4.70. The zero-order valence-electron chi connectivity index (χ0n) is 9.17. The minimum atomic E-state index is -0.365. The smallest absolute Gasteiger partial charge is 0.407 e. The molecule has 80 valence electrons. The van der Waals surface area contributed by atoms with E-state index < -0.39 is 0 Å².